The Morgan fingerprint density at radius 2 is 1.79 bits per heavy atom. The van der Waals surface area contributed by atoms with E-state index in [1.54, 1.807) is 14.2 Å². The molecule has 0 atom stereocenters. The number of benzene rings is 1. The molecule has 0 aromatic heterocycles. The summed E-state index contributed by atoms with van der Waals surface area (Å²) >= 11 is 0. The molecule has 106 valence electrons. The zero-order valence-electron chi connectivity index (χ0n) is 12.9. The maximum Gasteiger partial charge on any atom is 0.246 e. The van der Waals surface area contributed by atoms with Gasteiger partial charge >= 0.3 is 0 Å². The molecule has 0 aliphatic heterocycles. The van der Waals surface area contributed by atoms with Gasteiger partial charge in [0.2, 0.25) is 5.91 Å². The number of amides is 1. The first-order valence-electron chi connectivity index (χ1n) is 6.32. The van der Waals surface area contributed by atoms with E-state index in [1.807, 2.05) is 40.7 Å². The zero-order valence-corrected chi connectivity index (χ0v) is 12.9. The molecule has 0 heterocycles. The van der Waals surface area contributed by atoms with Crippen LogP contribution in [0.3, 0.4) is 0 Å². The monoisotopic (exact) mass is 264 g/mol. The van der Waals surface area contributed by atoms with Crippen LogP contribution in [-0.2, 0) is 10.2 Å². The van der Waals surface area contributed by atoms with Gasteiger partial charge in [-0.25, -0.2) is 5.84 Å². The van der Waals surface area contributed by atoms with Crippen molar-refractivity contribution >= 4 is 5.91 Å². The third-order valence-electron chi connectivity index (χ3n) is 3.76. The second-order valence-electron chi connectivity index (χ2n) is 5.57. The summed E-state index contributed by atoms with van der Waals surface area (Å²) in [6, 6.07) is 2.02. The predicted molar refractivity (Wildman–Crippen MR) is 77.2 cm³/mol. The standard InChI is InChI=1S/C15H24N2O2/c1-9-8-12(10(2)11(3)13(9)19-7)15(4,5)14(18)17(6)16/h8H,16H2,1-7H3. The Kier molecular flexibility index (Phi) is 4.25. The summed E-state index contributed by atoms with van der Waals surface area (Å²) < 4.78 is 5.41. The van der Waals surface area contributed by atoms with Crippen molar-refractivity contribution < 1.29 is 9.53 Å². The average Bonchev–Trinajstić information content (AvgIpc) is 2.33. The van der Waals surface area contributed by atoms with Crippen LogP contribution in [-0.4, -0.2) is 25.1 Å². The number of hydrogen-bond donors (Lipinski definition) is 1. The fourth-order valence-corrected chi connectivity index (χ4v) is 2.58. The topological polar surface area (TPSA) is 55.6 Å². The summed E-state index contributed by atoms with van der Waals surface area (Å²) in [4.78, 5) is 12.3. The van der Waals surface area contributed by atoms with E-state index in [0.29, 0.717) is 0 Å². The molecular weight excluding hydrogens is 240 g/mol. The van der Waals surface area contributed by atoms with Gasteiger partial charge < -0.3 is 4.74 Å². The molecule has 0 saturated heterocycles. The van der Waals surface area contributed by atoms with Gasteiger partial charge in [0.25, 0.3) is 0 Å². The Balaban J connectivity index is 3.48. The van der Waals surface area contributed by atoms with Gasteiger partial charge in [-0.15, -0.1) is 0 Å². The van der Waals surface area contributed by atoms with Crippen molar-refractivity contribution in [2.45, 2.75) is 40.0 Å². The van der Waals surface area contributed by atoms with Crippen LogP contribution in [0, 0.1) is 20.8 Å². The summed E-state index contributed by atoms with van der Waals surface area (Å²) in [5, 5.41) is 1.15. The minimum Gasteiger partial charge on any atom is -0.496 e. The zero-order chi connectivity index (χ0) is 15.0. The highest BCUT2D eigenvalue weighted by atomic mass is 16.5. The molecule has 0 aliphatic rings. The first-order valence-corrected chi connectivity index (χ1v) is 6.32. The summed E-state index contributed by atoms with van der Waals surface area (Å²) in [7, 11) is 3.24. The molecule has 0 saturated carbocycles. The maximum absolute atomic E-state index is 12.3. The molecule has 4 heteroatoms. The molecule has 0 spiro atoms. The van der Waals surface area contributed by atoms with Crippen molar-refractivity contribution in [2.75, 3.05) is 14.2 Å². The van der Waals surface area contributed by atoms with E-state index >= 15 is 0 Å². The molecule has 1 rings (SSSR count). The van der Waals surface area contributed by atoms with Crippen molar-refractivity contribution in [3.8, 4) is 5.75 Å². The molecule has 1 amide bonds. The van der Waals surface area contributed by atoms with Crippen LogP contribution in [0.4, 0.5) is 0 Å². The number of hydrazine groups is 1. The molecule has 1 aromatic carbocycles. The smallest absolute Gasteiger partial charge is 0.246 e. The summed E-state index contributed by atoms with van der Waals surface area (Å²) in [6.07, 6.45) is 0. The Bertz CT molecular complexity index is 505. The van der Waals surface area contributed by atoms with Gasteiger partial charge in [-0.2, -0.15) is 0 Å². The molecular formula is C15H24N2O2. The third-order valence-corrected chi connectivity index (χ3v) is 3.76. The lowest BCUT2D eigenvalue weighted by Crippen LogP contribution is -2.45. The minimum absolute atomic E-state index is 0.112. The molecule has 0 bridgehead atoms. The van der Waals surface area contributed by atoms with Crippen molar-refractivity contribution in [1.82, 2.24) is 5.01 Å². The number of aryl methyl sites for hydroxylation is 1. The molecule has 4 nitrogen and oxygen atoms in total. The Hall–Kier alpha value is -1.55. The number of likely N-dealkylation sites (N-methyl/N-ethyl adjacent to an activating group) is 1. The van der Waals surface area contributed by atoms with E-state index in [-0.39, 0.29) is 5.91 Å². The van der Waals surface area contributed by atoms with Crippen molar-refractivity contribution in [2.24, 2.45) is 5.84 Å². The van der Waals surface area contributed by atoms with Crippen LogP contribution in [0.5, 0.6) is 5.75 Å². The fourth-order valence-electron chi connectivity index (χ4n) is 2.58. The van der Waals surface area contributed by atoms with Crippen LogP contribution >= 0.6 is 0 Å². The molecule has 0 aliphatic carbocycles. The molecule has 0 radical (unpaired) electrons. The van der Waals surface area contributed by atoms with Crippen molar-refractivity contribution in [1.29, 1.82) is 0 Å². The van der Waals surface area contributed by atoms with Crippen LogP contribution in [0.2, 0.25) is 0 Å². The number of nitrogens with two attached hydrogens (primary N) is 1. The lowest BCUT2D eigenvalue weighted by atomic mass is 9.79. The summed E-state index contributed by atoms with van der Waals surface area (Å²) in [5.74, 6) is 6.37. The van der Waals surface area contributed by atoms with E-state index < -0.39 is 5.41 Å². The molecule has 1 aromatic rings. The van der Waals surface area contributed by atoms with Crippen molar-refractivity contribution in [3.63, 3.8) is 0 Å². The normalized spacial score (nSPS) is 11.4. The summed E-state index contributed by atoms with van der Waals surface area (Å²) in [6.45, 7) is 9.80. The SMILES string of the molecule is COc1c(C)cc(C(C)(C)C(=O)N(C)N)c(C)c1C. The first kappa shape index (κ1) is 15.5. The van der Waals surface area contributed by atoms with Gasteiger partial charge in [-0.05, 0) is 56.9 Å². The molecule has 0 unspecified atom stereocenters. The van der Waals surface area contributed by atoms with Gasteiger partial charge in [-0.1, -0.05) is 6.07 Å². The lowest BCUT2D eigenvalue weighted by molar-refractivity contribution is -0.135. The van der Waals surface area contributed by atoms with Gasteiger partial charge in [0.1, 0.15) is 5.75 Å². The Morgan fingerprint density at radius 1 is 1.26 bits per heavy atom. The molecule has 19 heavy (non-hydrogen) atoms. The van der Waals surface area contributed by atoms with Crippen LogP contribution in [0.1, 0.15) is 36.1 Å². The number of carbonyl (C=O) groups is 1. The highest BCUT2D eigenvalue weighted by Crippen LogP contribution is 2.35. The largest absolute Gasteiger partial charge is 0.496 e. The fraction of sp³-hybridized carbons (Fsp3) is 0.533. The average molecular weight is 264 g/mol. The summed E-state index contributed by atoms with van der Waals surface area (Å²) in [5.41, 5.74) is 3.50. The van der Waals surface area contributed by atoms with Gasteiger partial charge in [0.05, 0.1) is 12.5 Å². The molecule has 2 N–H and O–H groups in total. The van der Waals surface area contributed by atoms with Gasteiger partial charge in [0.15, 0.2) is 0 Å². The van der Waals surface area contributed by atoms with Gasteiger partial charge in [0, 0.05) is 7.05 Å². The van der Waals surface area contributed by atoms with E-state index in [2.05, 4.69) is 0 Å². The minimum atomic E-state index is -0.657. The number of nitrogens with zero attached hydrogens (tertiary/aromatic N) is 1. The van der Waals surface area contributed by atoms with E-state index in [9.17, 15) is 4.79 Å². The number of ether oxygens (including phenoxy) is 1. The maximum atomic E-state index is 12.3. The highest BCUT2D eigenvalue weighted by Gasteiger charge is 2.34. The second kappa shape index (κ2) is 5.21. The van der Waals surface area contributed by atoms with Crippen molar-refractivity contribution in [3.05, 3.63) is 28.3 Å². The lowest BCUT2D eigenvalue weighted by Gasteiger charge is -2.30. The highest BCUT2D eigenvalue weighted by molar-refractivity contribution is 5.87. The third kappa shape index (κ3) is 2.59. The predicted octanol–water partition coefficient (Wildman–Crippen LogP) is 2.23. The first-order chi connectivity index (χ1) is 8.64. The van der Waals surface area contributed by atoms with E-state index in [0.717, 1.165) is 33.0 Å². The quantitative estimate of drug-likeness (QED) is 0.517. The molecule has 0 fully saturated rings. The van der Waals surface area contributed by atoms with E-state index in [1.165, 1.54) is 0 Å². The number of carbonyl (C=O) groups excluding carboxylic acids is 1. The van der Waals surface area contributed by atoms with Crippen LogP contribution in [0.25, 0.3) is 0 Å². The van der Waals surface area contributed by atoms with Gasteiger partial charge in [-0.3, -0.25) is 9.80 Å². The van der Waals surface area contributed by atoms with E-state index in [4.69, 9.17) is 10.6 Å². The Morgan fingerprint density at radius 3 is 2.21 bits per heavy atom. The number of rotatable bonds is 3. The number of methoxy groups -OCH3 is 1. The van der Waals surface area contributed by atoms with Crippen LogP contribution < -0.4 is 10.6 Å². The van der Waals surface area contributed by atoms with Crippen LogP contribution in [0.15, 0.2) is 6.07 Å². The second-order valence-corrected chi connectivity index (χ2v) is 5.57. The number of hydrogen-bond acceptors (Lipinski definition) is 3. The Labute approximate surface area is 115 Å².